The van der Waals surface area contributed by atoms with Crippen molar-refractivity contribution in [3.63, 3.8) is 0 Å². The van der Waals surface area contributed by atoms with Gasteiger partial charge in [-0.2, -0.15) is 0 Å². The van der Waals surface area contributed by atoms with Crippen LogP contribution in [0.5, 0.6) is 0 Å². The highest BCUT2D eigenvalue weighted by molar-refractivity contribution is 5.25. The summed E-state index contributed by atoms with van der Waals surface area (Å²) in [6, 6.07) is 11.2. The first-order valence-electron chi connectivity index (χ1n) is 6.60. The molecule has 1 aliphatic heterocycles. The van der Waals surface area contributed by atoms with Gasteiger partial charge in [0.2, 0.25) is 0 Å². The second kappa shape index (κ2) is 5.56. The van der Waals surface area contributed by atoms with Gasteiger partial charge >= 0.3 is 0 Å². The van der Waals surface area contributed by atoms with Crippen molar-refractivity contribution in [1.29, 1.82) is 0 Å². The predicted molar refractivity (Wildman–Crippen MR) is 76.3 cm³/mol. The van der Waals surface area contributed by atoms with E-state index < -0.39 is 0 Å². The highest BCUT2D eigenvalue weighted by atomic mass is 15.2. The van der Waals surface area contributed by atoms with Gasteiger partial charge in [-0.05, 0) is 26.3 Å². The fraction of sp³-hybridized carbons (Fsp3) is 0.500. The number of nitrogens with zero attached hydrogens (tertiary/aromatic N) is 1. The van der Waals surface area contributed by atoms with E-state index in [0.717, 1.165) is 19.6 Å². The van der Waals surface area contributed by atoms with Gasteiger partial charge < -0.3 is 5.32 Å². The van der Waals surface area contributed by atoms with Crippen LogP contribution < -0.4 is 5.32 Å². The summed E-state index contributed by atoms with van der Waals surface area (Å²) in [7, 11) is 0. The normalized spacial score (nSPS) is 28.5. The fourth-order valence-corrected chi connectivity index (χ4v) is 2.51. The molecule has 1 aromatic rings. The van der Waals surface area contributed by atoms with E-state index in [-0.39, 0.29) is 5.54 Å². The summed E-state index contributed by atoms with van der Waals surface area (Å²) >= 11 is 0. The predicted octanol–water partition coefficient (Wildman–Crippen LogP) is 2.22. The average Bonchev–Trinajstić information content (AvgIpc) is 2.41. The Morgan fingerprint density at radius 3 is 2.78 bits per heavy atom. The molecule has 1 N–H and O–H groups in total. The molecule has 1 fully saturated rings. The summed E-state index contributed by atoms with van der Waals surface area (Å²) in [5, 5.41) is 3.68. The molecule has 0 aromatic heterocycles. The minimum absolute atomic E-state index is 0.0309. The molecule has 2 rings (SSSR count). The maximum Gasteiger partial charge on any atom is 0.0605 e. The van der Waals surface area contributed by atoms with E-state index in [4.69, 9.17) is 0 Å². The summed E-state index contributed by atoms with van der Waals surface area (Å²) < 4.78 is 0. The molecule has 0 spiro atoms. The van der Waals surface area contributed by atoms with E-state index in [1.54, 1.807) is 0 Å². The molecule has 2 unspecified atom stereocenters. The van der Waals surface area contributed by atoms with Crippen molar-refractivity contribution in [1.82, 2.24) is 10.2 Å². The molecule has 96 valence electrons. The van der Waals surface area contributed by atoms with Gasteiger partial charge in [-0.15, -0.1) is 5.92 Å². The van der Waals surface area contributed by atoms with Gasteiger partial charge in [0.1, 0.15) is 0 Å². The van der Waals surface area contributed by atoms with Crippen LogP contribution in [0.15, 0.2) is 30.3 Å². The van der Waals surface area contributed by atoms with Crippen LogP contribution in [0, 0.1) is 11.8 Å². The van der Waals surface area contributed by atoms with Crippen LogP contribution in [0.3, 0.4) is 0 Å². The van der Waals surface area contributed by atoms with Crippen molar-refractivity contribution >= 4 is 0 Å². The standard InChI is InChI=1S/C16H22N2/c1-4-5-11-18-13-16(3,17-12-14(18)2)15-9-7-6-8-10-15/h6-10,14,17H,11-13H2,1-3H3. The van der Waals surface area contributed by atoms with Gasteiger partial charge in [-0.25, -0.2) is 0 Å². The molecule has 0 bridgehead atoms. The molecule has 1 aliphatic rings. The Hall–Kier alpha value is -1.30. The lowest BCUT2D eigenvalue weighted by Crippen LogP contribution is -2.60. The Morgan fingerprint density at radius 2 is 2.11 bits per heavy atom. The lowest BCUT2D eigenvalue weighted by atomic mass is 9.88. The van der Waals surface area contributed by atoms with Crippen LogP contribution in [-0.2, 0) is 5.54 Å². The van der Waals surface area contributed by atoms with Crippen molar-refractivity contribution < 1.29 is 0 Å². The molecule has 2 atom stereocenters. The quantitative estimate of drug-likeness (QED) is 0.800. The zero-order chi connectivity index (χ0) is 13.0. The smallest absolute Gasteiger partial charge is 0.0605 e. The molecular weight excluding hydrogens is 220 g/mol. The van der Waals surface area contributed by atoms with E-state index in [9.17, 15) is 0 Å². The largest absolute Gasteiger partial charge is 0.305 e. The second-order valence-corrected chi connectivity index (χ2v) is 5.26. The first kappa shape index (κ1) is 13.1. The molecule has 0 saturated carbocycles. The van der Waals surface area contributed by atoms with Gasteiger partial charge in [0.25, 0.3) is 0 Å². The molecule has 0 amide bonds. The van der Waals surface area contributed by atoms with Crippen molar-refractivity contribution in [2.45, 2.75) is 32.4 Å². The molecule has 2 nitrogen and oxygen atoms in total. The second-order valence-electron chi connectivity index (χ2n) is 5.26. The number of hydrogen-bond donors (Lipinski definition) is 1. The minimum atomic E-state index is 0.0309. The van der Waals surface area contributed by atoms with E-state index in [1.165, 1.54) is 5.56 Å². The van der Waals surface area contributed by atoms with E-state index in [2.05, 4.69) is 66.2 Å². The minimum Gasteiger partial charge on any atom is -0.305 e. The lowest BCUT2D eigenvalue weighted by Gasteiger charge is -2.45. The summed E-state index contributed by atoms with van der Waals surface area (Å²) in [5.74, 6) is 6.18. The van der Waals surface area contributed by atoms with Gasteiger partial charge in [0.15, 0.2) is 0 Å². The number of piperazine rings is 1. The number of rotatable bonds is 2. The summed E-state index contributed by atoms with van der Waals surface area (Å²) in [4.78, 5) is 2.46. The monoisotopic (exact) mass is 242 g/mol. The Balaban J connectivity index is 2.16. The Bertz CT molecular complexity index is 443. The molecule has 1 heterocycles. The molecule has 2 heteroatoms. The maximum absolute atomic E-state index is 3.68. The van der Waals surface area contributed by atoms with E-state index >= 15 is 0 Å². The van der Waals surface area contributed by atoms with Crippen LogP contribution >= 0.6 is 0 Å². The molecule has 0 radical (unpaired) electrons. The summed E-state index contributed by atoms with van der Waals surface area (Å²) in [6.45, 7) is 9.32. The van der Waals surface area contributed by atoms with Gasteiger partial charge in [-0.1, -0.05) is 36.3 Å². The van der Waals surface area contributed by atoms with Crippen molar-refractivity contribution in [2.24, 2.45) is 0 Å². The Kier molecular flexibility index (Phi) is 4.06. The number of hydrogen-bond acceptors (Lipinski definition) is 2. The highest BCUT2D eigenvalue weighted by Crippen LogP contribution is 2.25. The third kappa shape index (κ3) is 2.75. The zero-order valence-corrected chi connectivity index (χ0v) is 11.5. The number of benzene rings is 1. The van der Waals surface area contributed by atoms with Crippen molar-refractivity contribution in [2.75, 3.05) is 19.6 Å². The van der Waals surface area contributed by atoms with Gasteiger partial charge in [-0.3, -0.25) is 4.90 Å². The van der Waals surface area contributed by atoms with Crippen LogP contribution in [-0.4, -0.2) is 30.6 Å². The van der Waals surface area contributed by atoms with Crippen LogP contribution in [0.2, 0.25) is 0 Å². The number of nitrogens with one attached hydrogen (secondary N) is 1. The third-order valence-corrected chi connectivity index (χ3v) is 3.80. The highest BCUT2D eigenvalue weighted by Gasteiger charge is 2.34. The molecule has 0 aliphatic carbocycles. The van der Waals surface area contributed by atoms with Crippen LogP contribution in [0.25, 0.3) is 0 Å². The Morgan fingerprint density at radius 1 is 1.39 bits per heavy atom. The van der Waals surface area contributed by atoms with Crippen LogP contribution in [0.1, 0.15) is 26.3 Å². The molecule has 18 heavy (non-hydrogen) atoms. The van der Waals surface area contributed by atoms with E-state index in [1.807, 2.05) is 6.92 Å². The zero-order valence-electron chi connectivity index (χ0n) is 11.5. The third-order valence-electron chi connectivity index (χ3n) is 3.80. The average molecular weight is 242 g/mol. The summed E-state index contributed by atoms with van der Waals surface area (Å²) in [5.41, 5.74) is 1.38. The van der Waals surface area contributed by atoms with Gasteiger partial charge in [0, 0.05) is 19.1 Å². The Labute approximate surface area is 110 Å². The maximum atomic E-state index is 3.68. The SMILES string of the molecule is CC#CCN1CC(C)(c2ccccc2)NCC1C. The lowest BCUT2D eigenvalue weighted by molar-refractivity contribution is 0.109. The molecule has 1 saturated heterocycles. The van der Waals surface area contributed by atoms with Crippen LogP contribution in [0.4, 0.5) is 0 Å². The van der Waals surface area contributed by atoms with Crippen molar-refractivity contribution in [3.8, 4) is 11.8 Å². The first-order valence-corrected chi connectivity index (χ1v) is 6.60. The van der Waals surface area contributed by atoms with E-state index in [0.29, 0.717) is 6.04 Å². The van der Waals surface area contributed by atoms with Gasteiger partial charge in [0.05, 0.1) is 12.1 Å². The topological polar surface area (TPSA) is 15.3 Å². The summed E-state index contributed by atoms with van der Waals surface area (Å²) in [6.07, 6.45) is 0. The fourth-order valence-electron chi connectivity index (χ4n) is 2.51. The molecule has 1 aromatic carbocycles. The first-order chi connectivity index (χ1) is 8.65. The van der Waals surface area contributed by atoms with Crippen molar-refractivity contribution in [3.05, 3.63) is 35.9 Å². The molecular formula is C16H22N2.